The molecular weight excluding hydrogens is 369 g/mol. The number of aromatic nitrogens is 2. The van der Waals surface area contributed by atoms with Gasteiger partial charge in [0.05, 0.1) is 32.4 Å². The van der Waals surface area contributed by atoms with Crippen LogP contribution in [0.25, 0.3) is 5.65 Å². The fourth-order valence-electron chi connectivity index (χ4n) is 3.23. The van der Waals surface area contributed by atoms with Crippen molar-refractivity contribution in [1.29, 1.82) is 0 Å². The molecule has 1 aliphatic heterocycles. The number of piperazine rings is 1. The molecule has 0 atom stereocenters. The topological polar surface area (TPSA) is 37.3 Å². The number of benzene rings is 1. The van der Waals surface area contributed by atoms with E-state index in [0.29, 0.717) is 5.15 Å². The molecule has 1 aliphatic rings. The molecule has 0 saturated carbocycles. The first kappa shape index (κ1) is 17.3. The lowest BCUT2D eigenvalue weighted by Gasteiger charge is -2.30. The minimum atomic E-state index is 0.479. The monoisotopic (exact) mass is 388 g/mol. The number of nitrogens with one attached hydrogen (secondary N) is 1. The van der Waals surface area contributed by atoms with Crippen LogP contribution in [0, 0.1) is 0 Å². The van der Waals surface area contributed by atoms with Crippen LogP contribution < -0.4 is 4.90 Å². The molecule has 26 heavy (non-hydrogen) atoms. The number of pyridine rings is 1. The molecule has 4 rings (SSSR count). The van der Waals surface area contributed by atoms with Gasteiger partial charge in [-0.3, -0.25) is 9.41 Å². The standard InChI is InChI=1S/C19H19Cl2N5/c20-16-6-4-15(5-7-16)14-24-9-11-25(12-10-24)22-13-17-19(21)23-18-3-1-2-8-26(17)18/h1-8,13H,9-12,14H2/p+1. The molecule has 0 spiro atoms. The van der Waals surface area contributed by atoms with E-state index < -0.39 is 0 Å². The van der Waals surface area contributed by atoms with Crippen LogP contribution in [0.3, 0.4) is 0 Å². The quantitative estimate of drug-likeness (QED) is 0.696. The van der Waals surface area contributed by atoms with Crippen molar-refractivity contribution in [3.05, 3.63) is 70.1 Å². The second kappa shape index (κ2) is 7.66. The molecule has 1 aromatic carbocycles. The molecule has 0 radical (unpaired) electrons. The van der Waals surface area contributed by atoms with E-state index in [1.807, 2.05) is 47.1 Å². The summed E-state index contributed by atoms with van der Waals surface area (Å²) in [6, 6.07) is 14.0. The summed E-state index contributed by atoms with van der Waals surface area (Å²) in [6.07, 6.45) is 3.76. The predicted molar refractivity (Wildman–Crippen MR) is 105 cm³/mol. The van der Waals surface area contributed by atoms with Crippen LogP contribution in [-0.4, -0.2) is 46.8 Å². The number of hydrogen-bond acceptors (Lipinski definition) is 3. The van der Waals surface area contributed by atoms with Gasteiger partial charge in [0.1, 0.15) is 17.9 Å². The molecule has 0 unspecified atom stereocenters. The first-order chi connectivity index (χ1) is 12.7. The van der Waals surface area contributed by atoms with Crippen molar-refractivity contribution in [3.8, 4) is 0 Å². The Balaban J connectivity index is 1.36. The average molecular weight is 389 g/mol. The van der Waals surface area contributed by atoms with Gasteiger partial charge in [-0.2, -0.15) is 5.10 Å². The van der Waals surface area contributed by atoms with E-state index in [0.717, 1.165) is 49.1 Å². The minimum Gasteiger partial charge on any atom is -0.328 e. The van der Waals surface area contributed by atoms with E-state index in [1.165, 1.54) is 5.56 Å². The van der Waals surface area contributed by atoms with Gasteiger partial charge in [0.25, 0.3) is 0 Å². The molecule has 2 aromatic heterocycles. The molecule has 1 N–H and O–H groups in total. The van der Waals surface area contributed by atoms with Crippen LogP contribution in [0.15, 0.2) is 53.8 Å². The molecule has 134 valence electrons. The molecule has 5 nitrogen and oxygen atoms in total. The van der Waals surface area contributed by atoms with Gasteiger partial charge >= 0.3 is 0 Å². The van der Waals surface area contributed by atoms with E-state index in [4.69, 9.17) is 23.2 Å². The van der Waals surface area contributed by atoms with Crippen LogP contribution in [0.2, 0.25) is 10.2 Å². The summed E-state index contributed by atoms with van der Waals surface area (Å²) in [5.74, 6) is 0. The van der Waals surface area contributed by atoms with Gasteiger partial charge in [0, 0.05) is 16.8 Å². The van der Waals surface area contributed by atoms with E-state index in [1.54, 1.807) is 4.90 Å². The number of imidazole rings is 1. The second-order valence-electron chi connectivity index (χ2n) is 6.47. The molecule has 3 aromatic rings. The van der Waals surface area contributed by atoms with Crippen molar-refractivity contribution >= 4 is 35.1 Å². The Hall–Kier alpha value is -2.08. The fraction of sp³-hybridized carbons (Fsp3) is 0.263. The summed E-state index contributed by atoms with van der Waals surface area (Å²) in [5, 5.41) is 7.99. The molecule has 3 heterocycles. The number of quaternary nitrogens is 1. The zero-order valence-corrected chi connectivity index (χ0v) is 15.8. The van der Waals surface area contributed by atoms with Crippen LogP contribution in [-0.2, 0) is 6.54 Å². The molecule has 0 aliphatic carbocycles. The van der Waals surface area contributed by atoms with Crippen LogP contribution in [0.1, 0.15) is 11.3 Å². The third kappa shape index (κ3) is 3.85. The molecule has 7 heteroatoms. The van der Waals surface area contributed by atoms with Gasteiger partial charge in [-0.25, -0.2) is 4.98 Å². The highest BCUT2D eigenvalue weighted by Gasteiger charge is 2.19. The molecule has 1 saturated heterocycles. The lowest BCUT2D eigenvalue weighted by Crippen LogP contribution is -3.13. The van der Waals surface area contributed by atoms with Gasteiger partial charge in [0.15, 0.2) is 5.15 Å². The Morgan fingerprint density at radius 1 is 1.08 bits per heavy atom. The Labute approximate surface area is 162 Å². The van der Waals surface area contributed by atoms with E-state index in [-0.39, 0.29) is 0 Å². The van der Waals surface area contributed by atoms with Crippen LogP contribution in [0.5, 0.6) is 0 Å². The first-order valence-electron chi connectivity index (χ1n) is 8.68. The number of halogens is 2. The summed E-state index contributed by atoms with van der Waals surface area (Å²) in [4.78, 5) is 5.91. The Morgan fingerprint density at radius 2 is 1.85 bits per heavy atom. The normalized spacial score (nSPS) is 16.0. The van der Waals surface area contributed by atoms with Gasteiger partial charge in [-0.05, 0) is 24.3 Å². The average Bonchev–Trinajstić information content (AvgIpc) is 2.98. The van der Waals surface area contributed by atoms with E-state index in [2.05, 4.69) is 27.2 Å². The molecule has 1 fully saturated rings. The molecular formula is C19H20Cl2N5+. The Kier molecular flexibility index (Phi) is 5.11. The summed E-state index contributed by atoms with van der Waals surface area (Å²) in [7, 11) is 0. The van der Waals surface area contributed by atoms with Crippen molar-refractivity contribution < 1.29 is 4.90 Å². The zero-order chi connectivity index (χ0) is 17.9. The fourth-order valence-corrected chi connectivity index (χ4v) is 3.58. The SMILES string of the molecule is Clc1ccc(C[NH+]2CCN(N=Cc3c(Cl)nc4ccccn34)CC2)cc1. The molecule has 0 amide bonds. The largest absolute Gasteiger partial charge is 0.328 e. The van der Waals surface area contributed by atoms with Crippen molar-refractivity contribution in [1.82, 2.24) is 14.4 Å². The lowest BCUT2D eigenvalue weighted by molar-refractivity contribution is -0.918. The van der Waals surface area contributed by atoms with Crippen LogP contribution >= 0.6 is 23.2 Å². The lowest BCUT2D eigenvalue weighted by atomic mass is 10.2. The van der Waals surface area contributed by atoms with Crippen molar-refractivity contribution in [2.45, 2.75) is 6.54 Å². The van der Waals surface area contributed by atoms with Gasteiger partial charge in [-0.15, -0.1) is 0 Å². The predicted octanol–water partition coefficient (Wildman–Crippen LogP) is 2.38. The zero-order valence-electron chi connectivity index (χ0n) is 14.3. The third-order valence-electron chi connectivity index (χ3n) is 4.68. The second-order valence-corrected chi connectivity index (χ2v) is 7.26. The number of hydrazone groups is 1. The van der Waals surface area contributed by atoms with E-state index in [9.17, 15) is 0 Å². The van der Waals surface area contributed by atoms with Gasteiger partial charge in [0.2, 0.25) is 0 Å². The molecule has 0 bridgehead atoms. The number of hydrogen-bond donors (Lipinski definition) is 1. The smallest absolute Gasteiger partial charge is 0.157 e. The summed E-state index contributed by atoms with van der Waals surface area (Å²) in [6.45, 7) is 4.98. The summed E-state index contributed by atoms with van der Waals surface area (Å²) < 4.78 is 1.95. The van der Waals surface area contributed by atoms with Crippen molar-refractivity contribution in [3.63, 3.8) is 0 Å². The maximum atomic E-state index is 6.25. The highest BCUT2D eigenvalue weighted by molar-refractivity contribution is 6.32. The highest BCUT2D eigenvalue weighted by Crippen LogP contribution is 2.15. The van der Waals surface area contributed by atoms with Crippen molar-refractivity contribution in [2.24, 2.45) is 5.10 Å². The maximum Gasteiger partial charge on any atom is 0.157 e. The highest BCUT2D eigenvalue weighted by atomic mass is 35.5. The van der Waals surface area contributed by atoms with Crippen LogP contribution in [0.4, 0.5) is 0 Å². The van der Waals surface area contributed by atoms with Gasteiger partial charge < -0.3 is 4.90 Å². The minimum absolute atomic E-state index is 0.479. The Morgan fingerprint density at radius 3 is 2.62 bits per heavy atom. The Bertz CT molecular complexity index is 911. The number of nitrogens with zero attached hydrogens (tertiary/aromatic N) is 4. The van der Waals surface area contributed by atoms with E-state index >= 15 is 0 Å². The van der Waals surface area contributed by atoms with Gasteiger partial charge in [-0.1, -0.05) is 41.4 Å². The number of fused-ring (bicyclic) bond motifs is 1. The summed E-state index contributed by atoms with van der Waals surface area (Å²) >= 11 is 12.2. The maximum absolute atomic E-state index is 6.25. The van der Waals surface area contributed by atoms with Crippen molar-refractivity contribution in [2.75, 3.05) is 26.2 Å². The number of rotatable bonds is 4. The first-order valence-corrected chi connectivity index (χ1v) is 9.44. The third-order valence-corrected chi connectivity index (χ3v) is 5.21. The summed E-state index contributed by atoms with van der Waals surface area (Å²) in [5.41, 5.74) is 2.97.